The Kier molecular flexibility index (Phi) is 6.11. The van der Waals surface area contributed by atoms with Crippen LogP contribution in [0.15, 0.2) is 34.9 Å². The van der Waals surface area contributed by atoms with Crippen molar-refractivity contribution in [2.75, 3.05) is 20.2 Å². The van der Waals surface area contributed by atoms with Crippen LogP contribution in [0.2, 0.25) is 0 Å². The van der Waals surface area contributed by atoms with E-state index >= 15 is 0 Å². The average molecular weight is 371 g/mol. The summed E-state index contributed by atoms with van der Waals surface area (Å²) in [5, 5.41) is 4.09. The second-order valence-electron chi connectivity index (χ2n) is 6.82. The molecule has 7 heteroatoms. The average Bonchev–Trinajstić information content (AvgIpc) is 3.17. The molecule has 2 aromatic rings. The number of nitrogens with two attached hydrogens (primary N) is 1. The van der Waals surface area contributed by atoms with Crippen molar-refractivity contribution in [3.8, 4) is 17.1 Å². The first-order valence-electron chi connectivity index (χ1n) is 9.24. The lowest BCUT2D eigenvalue weighted by Gasteiger charge is -2.30. The molecule has 144 valence electrons. The Balaban J connectivity index is 1.45. The topological polar surface area (TPSA) is 98.7 Å². The van der Waals surface area contributed by atoms with Gasteiger partial charge in [0.15, 0.2) is 5.76 Å². The van der Waals surface area contributed by atoms with Crippen molar-refractivity contribution in [1.82, 2.24) is 10.1 Å². The monoisotopic (exact) mass is 371 g/mol. The van der Waals surface area contributed by atoms with Gasteiger partial charge in [0, 0.05) is 37.1 Å². The molecule has 0 radical (unpaired) electrons. The summed E-state index contributed by atoms with van der Waals surface area (Å²) in [6, 6.07) is 9.49. The van der Waals surface area contributed by atoms with Crippen LogP contribution < -0.4 is 10.5 Å². The third-order valence-electron chi connectivity index (χ3n) is 5.01. The standard InChI is InChI=1S/C20H25N3O4/c1-26-17-7-5-14(6-8-17)18-13-16(22-27-18)3-2-4-19(24)23-11-9-15(10-12-23)20(21)25/h5-8,13,15H,2-4,9-12H2,1H3,(H2,21,25). The number of benzene rings is 1. The largest absolute Gasteiger partial charge is 0.497 e. The fraction of sp³-hybridized carbons (Fsp3) is 0.450. The summed E-state index contributed by atoms with van der Waals surface area (Å²) < 4.78 is 10.6. The van der Waals surface area contributed by atoms with Crippen LogP contribution in [-0.4, -0.2) is 42.1 Å². The molecule has 7 nitrogen and oxygen atoms in total. The number of ether oxygens (including phenoxy) is 1. The summed E-state index contributed by atoms with van der Waals surface area (Å²) in [5.41, 5.74) is 7.09. The predicted octanol–water partition coefficient (Wildman–Crippen LogP) is 2.40. The van der Waals surface area contributed by atoms with Crippen molar-refractivity contribution in [2.45, 2.75) is 32.1 Å². The Morgan fingerprint density at radius 1 is 1.26 bits per heavy atom. The minimum Gasteiger partial charge on any atom is -0.497 e. The Morgan fingerprint density at radius 3 is 2.59 bits per heavy atom. The fourth-order valence-corrected chi connectivity index (χ4v) is 3.31. The summed E-state index contributed by atoms with van der Waals surface area (Å²) in [6.07, 6.45) is 3.18. The second-order valence-corrected chi connectivity index (χ2v) is 6.82. The molecule has 3 rings (SSSR count). The molecule has 1 fully saturated rings. The third-order valence-corrected chi connectivity index (χ3v) is 5.01. The van der Waals surface area contributed by atoms with Crippen molar-refractivity contribution in [2.24, 2.45) is 11.7 Å². The van der Waals surface area contributed by atoms with Crippen molar-refractivity contribution >= 4 is 11.8 Å². The molecule has 1 aliphatic heterocycles. The molecule has 2 amide bonds. The Morgan fingerprint density at radius 2 is 1.96 bits per heavy atom. The highest BCUT2D eigenvalue weighted by Gasteiger charge is 2.25. The van der Waals surface area contributed by atoms with Gasteiger partial charge in [-0.1, -0.05) is 5.16 Å². The maximum Gasteiger partial charge on any atom is 0.222 e. The zero-order chi connectivity index (χ0) is 19.2. The van der Waals surface area contributed by atoms with Crippen LogP contribution in [0.5, 0.6) is 5.75 Å². The first-order chi connectivity index (χ1) is 13.1. The number of rotatable bonds is 7. The van der Waals surface area contributed by atoms with Crippen molar-refractivity contribution in [1.29, 1.82) is 0 Å². The minimum atomic E-state index is -0.263. The highest BCUT2D eigenvalue weighted by Crippen LogP contribution is 2.24. The molecule has 1 aromatic carbocycles. The number of hydrogen-bond acceptors (Lipinski definition) is 5. The van der Waals surface area contributed by atoms with Crippen molar-refractivity contribution < 1.29 is 18.8 Å². The Hall–Kier alpha value is -2.83. The Bertz CT molecular complexity index is 777. The molecule has 0 spiro atoms. The molecule has 0 atom stereocenters. The van der Waals surface area contributed by atoms with Gasteiger partial charge in [-0.05, 0) is 49.9 Å². The van der Waals surface area contributed by atoms with Gasteiger partial charge in [-0.25, -0.2) is 0 Å². The van der Waals surface area contributed by atoms with Crippen LogP contribution in [0.25, 0.3) is 11.3 Å². The van der Waals surface area contributed by atoms with Gasteiger partial charge in [0.05, 0.1) is 12.8 Å². The number of piperidine rings is 1. The van der Waals surface area contributed by atoms with Gasteiger partial charge in [0.25, 0.3) is 0 Å². The van der Waals surface area contributed by atoms with E-state index in [1.807, 2.05) is 35.2 Å². The number of amides is 2. The Labute approximate surface area is 158 Å². The number of nitrogens with zero attached hydrogens (tertiary/aromatic N) is 2. The maximum atomic E-state index is 12.3. The van der Waals surface area contributed by atoms with Gasteiger partial charge in [0.1, 0.15) is 5.75 Å². The first-order valence-corrected chi connectivity index (χ1v) is 9.24. The number of aryl methyl sites for hydroxylation is 1. The van der Waals surface area contributed by atoms with E-state index < -0.39 is 0 Å². The van der Waals surface area contributed by atoms with Crippen molar-refractivity contribution in [3.05, 3.63) is 36.0 Å². The number of carbonyl (C=O) groups excluding carboxylic acids is 2. The molecule has 1 aromatic heterocycles. The molecule has 0 saturated carbocycles. The predicted molar refractivity (Wildman–Crippen MR) is 99.9 cm³/mol. The lowest BCUT2D eigenvalue weighted by molar-refractivity contribution is -0.134. The number of methoxy groups -OCH3 is 1. The number of carbonyl (C=O) groups is 2. The van der Waals surface area contributed by atoms with Gasteiger partial charge in [0.2, 0.25) is 11.8 Å². The number of primary amides is 1. The van der Waals surface area contributed by atoms with Crippen LogP contribution in [0.4, 0.5) is 0 Å². The molecular formula is C20H25N3O4. The smallest absolute Gasteiger partial charge is 0.222 e. The molecule has 0 unspecified atom stereocenters. The molecule has 0 bridgehead atoms. The van der Waals surface area contributed by atoms with E-state index in [1.165, 1.54) is 0 Å². The quantitative estimate of drug-likeness (QED) is 0.806. The normalized spacial score (nSPS) is 14.9. The van der Waals surface area contributed by atoms with E-state index in [0.717, 1.165) is 17.0 Å². The lowest BCUT2D eigenvalue weighted by atomic mass is 9.96. The van der Waals surface area contributed by atoms with E-state index in [1.54, 1.807) is 7.11 Å². The van der Waals surface area contributed by atoms with E-state index in [2.05, 4.69) is 5.16 Å². The number of hydrogen-bond donors (Lipinski definition) is 1. The summed E-state index contributed by atoms with van der Waals surface area (Å²) >= 11 is 0. The van der Waals surface area contributed by atoms with Crippen LogP contribution >= 0.6 is 0 Å². The first kappa shape index (κ1) is 18.9. The van der Waals surface area contributed by atoms with Crippen LogP contribution in [0.1, 0.15) is 31.4 Å². The zero-order valence-electron chi connectivity index (χ0n) is 15.5. The van der Waals surface area contributed by atoms with Crippen LogP contribution in [0, 0.1) is 5.92 Å². The van der Waals surface area contributed by atoms with Crippen molar-refractivity contribution in [3.63, 3.8) is 0 Å². The van der Waals surface area contributed by atoms with Gasteiger partial charge < -0.3 is 19.9 Å². The number of aromatic nitrogens is 1. The lowest BCUT2D eigenvalue weighted by Crippen LogP contribution is -2.41. The zero-order valence-corrected chi connectivity index (χ0v) is 15.5. The van der Waals surface area contributed by atoms with Gasteiger partial charge in [-0.2, -0.15) is 0 Å². The van der Waals surface area contributed by atoms with E-state index in [0.29, 0.717) is 51.0 Å². The molecule has 1 saturated heterocycles. The summed E-state index contributed by atoms with van der Waals surface area (Å²) in [6.45, 7) is 1.22. The molecule has 0 aliphatic carbocycles. The SMILES string of the molecule is COc1ccc(-c2cc(CCCC(=O)N3CCC(C(N)=O)CC3)no2)cc1. The number of likely N-dealkylation sites (tertiary alicyclic amines) is 1. The van der Waals surface area contributed by atoms with Crippen LogP contribution in [-0.2, 0) is 16.0 Å². The summed E-state index contributed by atoms with van der Waals surface area (Å²) in [5.74, 6) is 1.25. The van der Waals surface area contributed by atoms with Gasteiger partial charge >= 0.3 is 0 Å². The fourth-order valence-electron chi connectivity index (χ4n) is 3.31. The van der Waals surface area contributed by atoms with E-state index in [4.69, 9.17) is 15.0 Å². The van der Waals surface area contributed by atoms with E-state index in [-0.39, 0.29) is 17.7 Å². The minimum absolute atomic E-state index is 0.0967. The van der Waals surface area contributed by atoms with E-state index in [9.17, 15) is 9.59 Å². The maximum absolute atomic E-state index is 12.3. The summed E-state index contributed by atoms with van der Waals surface area (Å²) in [4.78, 5) is 25.3. The highest BCUT2D eigenvalue weighted by atomic mass is 16.5. The van der Waals surface area contributed by atoms with Gasteiger partial charge in [-0.15, -0.1) is 0 Å². The molecule has 2 heterocycles. The highest BCUT2D eigenvalue weighted by molar-refractivity contribution is 5.78. The third kappa shape index (κ3) is 4.87. The van der Waals surface area contributed by atoms with Crippen LogP contribution in [0.3, 0.4) is 0 Å². The molecule has 1 aliphatic rings. The molecule has 27 heavy (non-hydrogen) atoms. The molecule has 2 N–H and O–H groups in total. The summed E-state index contributed by atoms with van der Waals surface area (Å²) in [7, 11) is 1.63. The second kappa shape index (κ2) is 8.70. The van der Waals surface area contributed by atoms with Gasteiger partial charge in [-0.3, -0.25) is 9.59 Å². The molecular weight excluding hydrogens is 346 g/mol.